The van der Waals surface area contributed by atoms with Gasteiger partial charge in [-0.25, -0.2) is 0 Å². The van der Waals surface area contributed by atoms with Crippen LogP contribution in [0.3, 0.4) is 0 Å². The Bertz CT molecular complexity index is 365. The van der Waals surface area contributed by atoms with Crippen molar-refractivity contribution in [1.82, 2.24) is 5.32 Å². The van der Waals surface area contributed by atoms with E-state index in [2.05, 4.69) is 35.3 Å². The van der Waals surface area contributed by atoms with E-state index in [1.807, 2.05) is 6.07 Å². The van der Waals surface area contributed by atoms with Gasteiger partial charge in [0.1, 0.15) is 5.75 Å². The highest BCUT2D eigenvalue weighted by atomic mass is 32.2. The molecule has 16 heavy (non-hydrogen) atoms. The largest absolute Gasteiger partial charge is 0.493 e. The Hall–Kier alpha value is -0.670. The van der Waals surface area contributed by atoms with E-state index in [1.54, 1.807) is 0 Å². The van der Waals surface area contributed by atoms with Crippen molar-refractivity contribution < 1.29 is 4.74 Å². The Morgan fingerprint density at radius 1 is 1.25 bits per heavy atom. The maximum Gasteiger partial charge on any atom is 0.122 e. The Morgan fingerprint density at radius 2 is 2.12 bits per heavy atom. The molecular formula is C13H17NOS. The van der Waals surface area contributed by atoms with E-state index in [9.17, 15) is 0 Å². The summed E-state index contributed by atoms with van der Waals surface area (Å²) in [6.45, 7) is 3.30. The number of para-hydroxylation sites is 1. The average Bonchev–Trinajstić information content (AvgIpc) is 2.65. The zero-order valence-corrected chi connectivity index (χ0v) is 10.1. The third-order valence-corrected chi connectivity index (χ3v) is 4.68. The van der Waals surface area contributed by atoms with E-state index in [0.717, 1.165) is 18.3 Å². The summed E-state index contributed by atoms with van der Waals surface area (Å²) in [5, 5.41) is 3.32. The number of benzene rings is 1. The van der Waals surface area contributed by atoms with E-state index in [-0.39, 0.29) is 0 Å². The van der Waals surface area contributed by atoms with Gasteiger partial charge in [0, 0.05) is 17.2 Å². The van der Waals surface area contributed by atoms with Crippen LogP contribution in [0.2, 0.25) is 0 Å². The lowest BCUT2D eigenvalue weighted by Crippen LogP contribution is -2.43. The molecule has 1 aromatic rings. The highest BCUT2D eigenvalue weighted by Crippen LogP contribution is 2.35. The van der Waals surface area contributed by atoms with Gasteiger partial charge in [-0.15, -0.1) is 0 Å². The van der Waals surface area contributed by atoms with E-state index >= 15 is 0 Å². The monoisotopic (exact) mass is 235 g/mol. The third kappa shape index (κ3) is 2.06. The van der Waals surface area contributed by atoms with Gasteiger partial charge in [-0.3, -0.25) is 0 Å². The first-order chi connectivity index (χ1) is 7.93. The number of fused-ring (bicyclic) bond motifs is 1. The number of hydrogen-bond acceptors (Lipinski definition) is 3. The minimum atomic E-state index is 0.606. The molecule has 0 amide bonds. The minimum Gasteiger partial charge on any atom is -0.493 e. The summed E-state index contributed by atoms with van der Waals surface area (Å²) in [4.78, 5) is 0. The molecule has 0 radical (unpaired) electrons. The summed E-state index contributed by atoms with van der Waals surface area (Å²) < 4.78 is 5.68. The summed E-state index contributed by atoms with van der Waals surface area (Å²) in [6, 6.07) is 8.45. The van der Waals surface area contributed by atoms with E-state index in [1.165, 1.54) is 30.2 Å². The molecule has 3 heteroatoms. The second-order valence-corrected chi connectivity index (χ2v) is 5.68. The average molecular weight is 235 g/mol. The highest BCUT2D eigenvalue weighted by molar-refractivity contribution is 7.99. The Balaban J connectivity index is 1.52. The lowest BCUT2D eigenvalue weighted by atomic mass is 10.0. The normalized spacial score (nSPS) is 23.6. The quantitative estimate of drug-likeness (QED) is 0.863. The predicted octanol–water partition coefficient (Wildman–Crippen LogP) is 2.12. The molecule has 2 heterocycles. The van der Waals surface area contributed by atoms with Crippen molar-refractivity contribution >= 4 is 11.8 Å². The van der Waals surface area contributed by atoms with Crippen LogP contribution in [0.15, 0.2) is 24.3 Å². The van der Waals surface area contributed by atoms with E-state index in [0.29, 0.717) is 5.92 Å². The first-order valence-corrected chi connectivity index (χ1v) is 7.09. The predicted molar refractivity (Wildman–Crippen MR) is 68.4 cm³/mol. The molecule has 86 valence electrons. The summed E-state index contributed by atoms with van der Waals surface area (Å²) in [7, 11) is 0. The summed E-state index contributed by atoms with van der Waals surface area (Å²) >= 11 is 2.08. The van der Waals surface area contributed by atoms with E-state index in [4.69, 9.17) is 4.74 Å². The molecule has 1 N–H and O–H groups in total. The van der Waals surface area contributed by atoms with Crippen molar-refractivity contribution in [3.05, 3.63) is 29.8 Å². The lowest BCUT2D eigenvalue weighted by molar-refractivity contribution is 0.338. The van der Waals surface area contributed by atoms with Crippen LogP contribution in [0.4, 0.5) is 0 Å². The van der Waals surface area contributed by atoms with Gasteiger partial charge in [-0.1, -0.05) is 18.2 Å². The molecule has 1 atom stereocenters. The van der Waals surface area contributed by atoms with Gasteiger partial charge in [0.05, 0.1) is 6.61 Å². The molecule has 0 bridgehead atoms. The van der Waals surface area contributed by atoms with Crippen LogP contribution >= 0.6 is 11.8 Å². The zero-order chi connectivity index (χ0) is 10.8. The Morgan fingerprint density at radius 3 is 2.94 bits per heavy atom. The van der Waals surface area contributed by atoms with Crippen molar-refractivity contribution in [3.8, 4) is 5.75 Å². The number of hydrogen-bond donors (Lipinski definition) is 1. The Labute approximate surface area is 101 Å². The van der Waals surface area contributed by atoms with Crippen molar-refractivity contribution in [2.24, 2.45) is 5.92 Å². The van der Waals surface area contributed by atoms with Crippen molar-refractivity contribution in [3.63, 3.8) is 0 Å². The van der Waals surface area contributed by atoms with Crippen LogP contribution in [0.25, 0.3) is 0 Å². The molecule has 1 unspecified atom stereocenters. The smallest absolute Gasteiger partial charge is 0.122 e. The van der Waals surface area contributed by atoms with Crippen molar-refractivity contribution in [2.75, 3.05) is 31.2 Å². The molecule has 0 aromatic heterocycles. The fraction of sp³-hybridized carbons (Fsp3) is 0.538. The standard InChI is InChI=1S/C13H17NOS/c1-2-4-13-12(3-1)11(7-15-13)9-16-8-10-5-14-6-10/h1-4,10-11,14H,5-9H2. The van der Waals surface area contributed by atoms with Gasteiger partial charge >= 0.3 is 0 Å². The van der Waals surface area contributed by atoms with Gasteiger partial charge < -0.3 is 10.1 Å². The second kappa shape index (κ2) is 4.68. The fourth-order valence-corrected chi connectivity index (χ4v) is 3.48. The molecule has 2 aliphatic heterocycles. The van der Waals surface area contributed by atoms with Crippen LogP contribution in [0, 0.1) is 5.92 Å². The topological polar surface area (TPSA) is 21.3 Å². The SMILES string of the molecule is c1ccc2c(c1)OCC2CSCC1CNC1. The number of thioether (sulfide) groups is 1. The van der Waals surface area contributed by atoms with Crippen LogP contribution in [-0.2, 0) is 0 Å². The summed E-state index contributed by atoms with van der Waals surface area (Å²) in [6.07, 6.45) is 0. The third-order valence-electron chi connectivity index (χ3n) is 3.34. The lowest BCUT2D eigenvalue weighted by Gasteiger charge is -2.26. The van der Waals surface area contributed by atoms with Crippen LogP contribution < -0.4 is 10.1 Å². The number of rotatable bonds is 4. The molecular weight excluding hydrogens is 218 g/mol. The fourth-order valence-electron chi connectivity index (χ4n) is 2.21. The maximum atomic E-state index is 5.68. The minimum absolute atomic E-state index is 0.606. The summed E-state index contributed by atoms with van der Waals surface area (Å²) in [5.74, 6) is 5.11. The molecule has 0 aliphatic carbocycles. The van der Waals surface area contributed by atoms with Crippen LogP contribution in [-0.4, -0.2) is 31.2 Å². The molecule has 1 aromatic carbocycles. The van der Waals surface area contributed by atoms with Crippen LogP contribution in [0.1, 0.15) is 11.5 Å². The second-order valence-electron chi connectivity index (χ2n) is 4.61. The van der Waals surface area contributed by atoms with Crippen molar-refractivity contribution in [1.29, 1.82) is 0 Å². The molecule has 0 saturated carbocycles. The molecule has 3 rings (SSSR count). The first-order valence-electron chi connectivity index (χ1n) is 5.93. The highest BCUT2D eigenvalue weighted by Gasteiger charge is 2.24. The zero-order valence-electron chi connectivity index (χ0n) is 9.32. The van der Waals surface area contributed by atoms with Crippen molar-refractivity contribution in [2.45, 2.75) is 5.92 Å². The number of nitrogens with one attached hydrogen (secondary N) is 1. The molecule has 2 aliphatic rings. The first kappa shape index (κ1) is 10.5. The number of ether oxygens (including phenoxy) is 1. The maximum absolute atomic E-state index is 5.68. The Kier molecular flexibility index (Phi) is 3.06. The molecule has 0 spiro atoms. The summed E-state index contributed by atoms with van der Waals surface area (Å²) in [5.41, 5.74) is 1.40. The van der Waals surface area contributed by atoms with Gasteiger partial charge in [0.2, 0.25) is 0 Å². The van der Waals surface area contributed by atoms with Gasteiger partial charge in [-0.05, 0) is 30.8 Å². The molecule has 1 saturated heterocycles. The van der Waals surface area contributed by atoms with Gasteiger partial charge in [0.25, 0.3) is 0 Å². The van der Waals surface area contributed by atoms with Gasteiger partial charge in [0.15, 0.2) is 0 Å². The van der Waals surface area contributed by atoms with E-state index < -0.39 is 0 Å². The molecule has 2 nitrogen and oxygen atoms in total. The molecule has 1 fully saturated rings. The van der Waals surface area contributed by atoms with Crippen LogP contribution in [0.5, 0.6) is 5.75 Å². The van der Waals surface area contributed by atoms with Gasteiger partial charge in [-0.2, -0.15) is 11.8 Å².